The summed E-state index contributed by atoms with van der Waals surface area (Å²) in [6.45, 7) is 7.41. The Morgan fingerprint density at radius 3 is 2.32 bits per heavy atom. The summed E-state index contributed by atoms with van der Waals surface area (Å²) in [6, 6.07) is 13.0. The molecule has 8 nitrogen and oxygen atoms in total. The third kappa shape index (κ3) is 4.71. The number of aliphatic imine (C=N–C) groups is 1. The van der Waals surface area contributed by atoms with Crippen LogP contribution < -0.4 is 20.1 Å². The van der Waals surface area contributed by atoms with Crippen LogP contribution in [-0.4, -0.2) is 55.5 Å². The van der Waals surface area contributed by atoms with Crippen molar-refractivity contribution in [3.05, 3.63) is 53.6 Å². The molecule has 1 spiro atoms. The van der Waals surface area contributed by atoms with Crippen molar-refractivity contribution in [1.82, 2.24) is 10.2 Å². The van der Waals surface area contributed by atoms with Crippen molar-refractivity contribution in [2.45, 2.75) is 44.7 Å². The van der Waals surface area contributed by atoms with Crippen molar-refractivity contribution >= 4 is 23.3 Å². The predicted octanol–water partition coefficient (Wildman–Crippen LogP) is 3.94. The van der Waals surface area contributed by atoms with Crippen LogP contribution in [0.5, 0.6) is 11.5 Å². The molecule has 34 heavy (non-hydrogen) atoms. The van der Waals surface area contributed by atoms with Crippen molar-refractivity contribution in [3.8, 4) is 11.5 Å². The van der Waals surface area contributed by atoms with Gasteiger partial charge in [0.2, 0.25) is 0 Å². The van der Waals surface area contributed by atoms with Gasteiger partial charge in [0.05, 0.1) is 19.9 Å². The number of hydrogen-bond donors (Lipinski definition) is 2. The van der Waals surface area contributed by atoms with Gasteiger partial charge in [0, 0.05) is 37.6 Å². The molecule has 2 aromatic carbocycles. The zero-order chi connectivity index (χ0) is 24.5. The first-order chi connectivity index (χ1) is 16.1. The second-order valence-corrected chi connectivity index (χ2v) is 9.76. The number of carbonyl (C=O) groups is 2. The zero-order valence-corrected chi connectivity index (χ0v) is 20.4. The molecule has 3 amide bonds. The number of nitrogens with one attached hydrogen (secondary N) is 2. The molecule has 2 aromatic rings. The van der Waals surface area contributed by atoms with Crippen LogP contribution in [-0.2, 0) is 10.2 Å². The highest BCUT2D eigenvalue weighted by molar-refractivity contribution is 6.46. The molecular formula is C26H32N4O4. The van der Waals surface area contributed by atoms with Crippen LogP contribution in [0.4, 0.5) is 10.5 Å². The van der Waals surface area contributed by atoms with Gasteiger partial charge in [-0.1, -0.05) is 45.0 Å². The van der Waals surface area contributed by atoms with Gasteiger partial charge in [-0.3, -0.25) is 9.79 Å². The first-order valence-corrected chi connectivity index (χ1v) is 11.5. The van der Waals surface area contributed by atoms with E-state index in [0.717, 1.165) is 5.56 Å². The summed E-state index contributed by atoms with van der Waals surface area (Å²) in [5.41, 5.74) is 2.39. The Labute approximate surface area is 200 Å². The van der Waals surface area contributed by atoms with Gasteiger partial charge in [-0.05, 0) is 23.1 Å². The van der Waals surface area contributed by atoms with Crippen molar-refractivity contribution in [1.29, 1.82) is 0 Å². The lowest BCUT2D eigenvalue weighted by atomic mass is 9.86. The van der Waals surface area contributed by atoms with Crippen LogP contribution in [0.2, 0.25) is 0 Å². The number of hydrogen-bond acceptors (Lipinski definition) is 5. The van der Waals surface area contributed by atoms with Gasteiger partial charge >= 0.3 is 6.03 Å². The van der Waals surface area contributed by atoms with Crippen LogP contribution in [0.3, 0.4) is 0 Å². The largest absolute Gasteiger partial charge is 0.497 e. The van der Waals surface area contributed by atoms with E-state index in [4.69, 9.17) is 14.5 Å². The lowest BCUT2D eigenvalue weighted by molar-refractivity contribution is -0.115. The Balaban J connectivity index is 1.43. The highest BCUT2D eigenvalue weighted by Crippen LogP contribution is 2.32. The fourth-order valence-corrected chi connectivity index (χ4v) is 4.31. The predicted molar refractivity (Wildman–Crippen MR) is 132 cm³/mol. The number of methoxy groups -OCH3 is 2. The molecule has 2 heterocycles. The molecule has 1 saturated heterocycles. The summed E-state index contributed by atoms with van der Waals surface area (Å²) in [4.78, 5) is 32.2. The third-order valence-electron chi connectivity index (χ3n) is 6.44. The van der Waals surface area contributed by atoms with Crippen LogP contribution in [0, 0.1) is 0 Å². The summed E-state index contributed by atoms with van der Waals surface area (Å²) < 4.78 is 10.6. The van der Waals surface area contributed by atoms with Crippen molar-refractivity contribution in [2.24, 2.45) is 4.99 Å². The maximum absolute atomic E-state index is 12.9. The third-order valence-corrected chi connectivity index (χ3v) is 6.44. The fraction of sp³-hybridized carbons (Fsp3) is 0.423. The summed E-state index contributed by atoms with van der Waals surface area (Å²) in [5.74, 6) is 1.01. The molecule has 4 rings (SSSR count). The summed E-state index contributed by atoms with van der Waals surface area (Å²) in [5, 5.41) is 5.97. The van der Waals surface area contributed by atoms with Crippen molar-refractivity contribution in [2.75, 3.05) is 32.6 Å². The second kappa shape index (κ2) is 9.00. The molecule has 0 aromatic heterocycles. The highest BCUT2D eigenvalue weighted by Gasteiger charge is 2.43. The standard InChI is InChI=1S/C26H32N4O4/c1-25(2,3)18-8-6-17(7-9-18)22-23(31)29-26(28-22)12-14-30(15-13-26)24(32)27-20-16-19(33-4)10-11-21(20)34-5/h6-11,16H,12-15H2,1-5H3,(H,27,32)(H,29,31). The molecule has 0 radical (unpaired) electrons. The van der Waals surface area contributed by atoms with Crippen molar-refractivity contribution in [3.63, 3.8) is 0 Å². The topological polar surface area (TPSA) is 92.3 Å². The number of carbonyl (C=O) groups excluding carboxylic acids is 2. The van der Waals surface area contributed by atoms with E-state index in [-0.39, 0.29) is 17.4 Å². The molecule has 0 unspecified atom stereocenters. The van der Waals surface area contributed by atoms with Gasteiger partial charge in [0.25, 0.3) is 5.91 Å². The molecule has 2 N–H and O–H groups in total. The van der Waals surface area contributed by atoms with E-state index in [1.807, 2.05) is 12.1 Å². The summed E-state index contributed by atoms with van der Waals surface area (Å²) in [6.07, 6.45) is 1.09. The molecule has 0 atom stereocenters. The zero-order valence-electron chi connectivity index (χ0n) is 20.4. The quantitative estimate of drug-likeness (QED) is 0.717. The van der Waals surface area contributed by atoms with E-state index >= 15 is 0 Å². The van der Waals surface area contributed by atoms with Crippen LogP contribution in [0.15, 0.2) is 47.5 Å². The Kier molecular flexibility index (Phi) is 6.25. The Bertz CT molecular complexity index is 1110. The number of anilines is 1. The average Bonchev–Trinajstić information content (AvgIpc) is 3.14. The molecule has 1 fully saturated rings. The number of benzene rings is 2. The molecular weight excluding hydrogens is 432 g/mol. The number of rotatable bonds is 4. The van der Waals surface area contributed by atoms with E-state index in [2.05, 4.69) is 43.5 Å². The summed E-state index contributed by atoms with van der Waals surface area (Å²) in [7, 11) is 3.12. The maximum Gasteiger partial charge on any atom is 0.321 e. The molecule has 0 bridgehead atoms. The maximum atomic E-state index is 12.9. The Hall–Kier alpha value is -3.55. The van der Waals surface area contributed by atoms with Crippen LogP contribution in [0.25, 0.3) is 0 Å². The number of amides is 3. The highest BCUT2D eigenvalue weighted by atomic mass is 16.5. The molecule has 8 heteroatoms. The number of likely N-dealkylation sites (tertiary alicyclic amines) is 1. The van der Waals surface area contributed by atoms with E-state index in [1.165, 1.54) is 5.56 Å². The minimum Gasteiger partial charge on any atom is -0.497 e. The Morgan fingerprint density at radius 1 is 1.06 bits per heavy atom. The molecule has 2 aliphatic heterocycles. The first-order valence-electron chi connectivity index (χ1n) is 11.5. The van der Waals surface area contributed by atoms with Crippen LogP contribution in [0.1, 0.15) is 44.7 Å². The number of urea groups is 1. The molecule has 180 valence electrons. The van der Waals surface area contributed by atoms with E-state index < -0.39 is 5.66 Å². The lowest BCUT2D eigenvalue weighted by Gasteiger charge is -2.37. The van der Waals surface area contributed by atoms with Gasteiger partial charge in [0.1, 0.15) is 22.9 Å². The van der Waals surface area contributed by atoms with E-state index in [0.29, 0.717) is 48.8 Å². The monoisotopic (exact) mass is 464 g/mol. The van der Waals surface area contributed by atoms with Gasteiger partial charge in [0.15, 0.2) is 0 Å². The molecule has 2 aliphatic rings. The molecule has 0 aliphatic carbocycles. The van der Waals surface area contributed by atoms with Crippen LogP contribution >= 0.6 is 0 Å². The number of ether oxygens (including phenoxy) is 2. The van der Waals surface area contributed by atoms with Gasteiger partial charge in [-0.25, -0.2) is 4.79 Å². The second-order valence-electron chi connectivity index (χ2n) is 9.76. The normalized spacial score (nSPS) is 17.3. The average molecular weight is 465 g/mol. The fourth-order valence-electron chi connectivity index (χ4n) is 4.31. The van der Waals surface area contributed by atoms with Gasteiger partial charge < -0.3 is 25.0 Å². The number of piperidine rings is 1. The minimum atomic E-state index is -0.667. The Morgan fingerprint density at radius 2 is 1.74 bits per heavy atom. The first kappa shape index (κ1) is 23.6. The summed E-state index contributed by atoms with van der Waals surface area (Å²) >= 11 is 0. The van der Waals surface area contributed by atoms with Gasteiger partial charge in [-0.15, -0.1) is 0 Å². The number of nitrogens with zero attached hydrogens (tertiary/aromatic N) is 2. The van der Waals surface area contributed by atoms with Crippen molar-refractivity contribution < 1.29 is 19.1 Å². The minimum absolute atomic E-state index is 0.0435. The van der Waals surface area contributed by atoms with E-state index in [1.54, 1.807) is 37.3 Å². The van der Waals surface area contributed by atoms with Gasteiger partial charge in [-0.2, -0.15) is 0 Å². The lowest BCUT2D eigenvalue weighted by Crippen LogP contribution is -2.53. The SMILES string of the molecule is COc1ccc(OC)c(NC(=O)N2CCC3(CC2)N=C(c2ccc(C(C)(C)C)cc2)C(=O)N3)c1. The molecule has 0 saturated carbocycles. The smallest absolute Gasteiger partial charge is 0.321 e. The van der Waals surface area contributed by atoms with E-state index in [9.17, 15) is 9.59 Å².